The summed E-state index contributed by atoms with van der Waals surface area (Å²) in [5, 5.41) is 2.26. The second-order valence-corrected chi connectivity index (χ2v) is 6.98. The van der Waals surface area contributed by atoms with Crippen LogP contribution in [0.25, 0.3) is 0 Å². The van der Waals surface area contributed by atoms with Crippen LogP contribution in [0.5, 0.6) is 0 Å². The maximum Gasteiger partial charge on any atom is 0.408 e. The maximum absolute atomic E-state index is 13.3. The Hall–Kier alpha value is -2.18. The van der Waals surface area contributed by atoms with Gasteiger partial charge >= 0.3 is 12.1 Å². The largest absolute Gasteiger partial charge is 0.458 e. The Morgan fingerprint density at radius 2 is 1.75 bits per heavy atom. The Balaban J connectivity index is 1.98. The molecule has 0 spiro atoms. The number of halogens is 2. The van der Waals surface area contributed by atoms with Crippen LogP contribution in [0.4, 0.5) is 13.6 Å². The summed E-state index contributed by atoms with van der Waals surface area (Å²) in [7, 11) is 0. The van der Waals surface area contributed by atoms with E-state index >= 15 is 0 Å². The zero-order valence-corrected chi connectivity index (χ0v) is 13.9. The van der Waals surface area contributed by atoms with Crippen molar-refractivity contribution in [3.63, 3.8) is 0 Å². The third-order valence-electron chi connectivity index (χ3n) is 3.46. The van der Waals surface area contributed by atoms with Gasteiger partial charge in [0.05, 0.1) is 0 Å². The highest BCUT2D eigenvalue weighted by Gasteiger charge is 2.63. The molecule has 0 saturated heterocycles. The number of nitrogens with one attached hydrogen (secondary N) is 1. The van der Waals surface area contributed by atoms with Crippen molar-refractivity contribution < 1.29 is 27.8 Å². The average molecular weight is 341 g/mol. The van der Waals surface area contributed by atoms with Gasteiger partial charge in [0.1, 0.15) is 12.2 Å². The second-order valence-electron chi connectivity index (χ2n) is 6.98. The molecule has 0 unspecified atom stereocenters. The Morgan fingerprint density at radius 1 is 1.17 bits per heavy atom. The molecule has 1 N–H and O–H groups in total. The molecule has 2 rings (SSSR count). The van der Waals surface area contributed by atoms with Gasteiger partial charge in [-0.3, -0.25) is 0 Å². The molecule has 0 bridgehead atoms. The quantitative estimate of drug-likeness (QED) is 0.852. The number of ether oxygens (including phenoxy) is 2. The lowest BCUT2D eigenvalue weighted by molar-refractivity contribution is -0.191. The van der Waals surface area contributed by atoms with Gasteiger partial charge in [0, 0.05) is 12.8 Å². The van der Waals surface area contributed by atoms with Gasteiger partial charge in [-0.2, -0.15) is 0 Å². The highest BCUT2D eigenvalue weighted by atomic mass is 19.3. The summed E-state index contributed by atoms with van der Waals surface area (Å²) in [5.74, 6) is -3.89. The molecule has 1 amide bonds. The molecule has 0 atom stereocenters. The predicted octanol–water partition coefficient (Wildman–Crippen LogP) is 3.42. The van der Waals surface area contributed by atoms with Gasteiger partial charge in [-0.15, -0.1) is 0 Å². The number of alkyl halides is 2. The first-order valence-corrected chi connectivity index (χ1v) is 7.62. The lowest BCUT2D eigenvalue weighted by Crippen LogP contribution is -2.67. The number of rotatable bonds is 4. The van der Waals surface area contributed by atoms with Crippen LogP contribution in [-0.2, 0) is 20.9 Å². The number of carbonyl (C=O) groups excluding carboxylic acids is 2. The van der Waals surface area contributed by atoms with E-state index in [4.69, 9.17) is 9.47 Å². The number of hydrogen-bond acceptors (Lipinski definition) is 4. The molecule has 0 aromatic heterocycles. The second kappa shape index (κ2) is 6.37. The minimum absolute atomic E-state index is 0.0204. The first kappa shape index (κ1) is 18.2. The normalized spacial score (nSPS) is 18.2. The maximum atomic E-state index is 13.3. The first-order chi connectivity index (χ1) is 11.0. The summed E-state index contributed by atoms with van der Waals surface area (Å²) in [6, 6.07) is 8.90. The summed E-state index contributed by atoms with van der Waals surface area (Å²) in [6.45, 7) is 4.86. The summed E-state index contributed by atoms with van der Waals surface area (Å²) in [5.41, 5.74) is -1.84. The van der Waals surface area contributed by atoms with Crippen molar-refractivity contribution in [3.05, 3.63) is 35.9 Å². The molecule has 0 aliphatic heterocycles. The molecule has 1 aliphatic rings. The minimum Gasteiger partial charge on any atom is -0.458 e. The molecule has 7 heteroatoms. The summed E-state index contributed by atoms with van der Waals surface area (Å²) in [6.07, 6.45) is -2.52. The zero-order valence-electron chi connectivity index (χ0n) is 13.9. The van der Waals surface area contributed by atoms with Crippen LogP contribution in [0, 0.1) is 0 Å². The van der Waals surface area contributed by atoms with E-state index in [1.807, 2.05) is 6.07 Å². The predicted molar refractivity (Wildman–Crippen MR) is 82.5 cm³/mol. The van der Waals surface area contributed by atoms with Crippen molar-refractivity contribution in [1.29, 1.82) is 0 Å². The molecule has 0 heterocycles. The minimum atomic E-state index is -3.01. The van der Waals surface area contributed by atoms with E-state index in [0.717, 1.165) is 5.56 Å². The molecule has 5 nitrogen and oxygen atoms in total. The van der Waals surface area contributed by atoms with E-state index in [0.29, 0.717) is 0 Å². The van der Waals surface area contributed by atoms with Gasteiger partial charge in [0.25, 0.3) is 5.92 Å². The van der Waals surface area contributed by atoms with Crippen molar-refractivity contribution in [1.82, 2.24) is 5.32 Å². The fourth-order valence-electron chi connectivity index (χ4n) is 2.45. The van der Waals surface area contributed by atoms with Gasteiger partial charge in [-0.05, 0) is 26.3 Å². The van der Waals surface area contributed by atoms with E-state index in [1.54, 1.807) is 45.0 Å². The van der Waals surface area contributed by atoms with E-state index in [1.165, 1.54) is 0 Å². The SMILES string of the molecule is CC(C)(C)OC(=O)C1(NC(=O)OCc2ccccc2)CC(F)(F)C1. The fraction of sp³-hybridized carbons (Fsp3) is 0.529. The lowest BCUT2D eigenvalue weighted by Gasteiger charge is -2.45. The van der Waals surface area contributed by atoms with E-state index in [-0.39, 0.29) is 6.61 Å². The van der Waals surface area contributed by atoms with Crippen molar-refractivity contribution >= 4 is 12.1 Å². The molecular formula is C17H21F2NO4. The van der Waals surface area contributed by atoms with Crippen molar-refractivity contribution in [2.24, 2.45) is 0 Å². The van der Waals surface area contributed by atoms with Crippen LogP contribution in [0.2, 0.25) is 0 Å². The number of carbonyl (C=O) groups is 2. The molecule has 1 aromatic carbocycles. The number of esters is 1. The van der Waals surface area contributed by atoms with Crippen LogP contribution in [0.3, 0.4) is 0 Å². The first-order valence-electron chi connectivity index (χ1n) is 7.62. The number of benzene rings is 1. The fourth-order valence-corrected chi connectivity index (χ4v) is 2.45. The zero-order chi connectivity index (χ0) is 18.0. The Labute approximate surface area is 139 Å². The molecule has 1 saturated carbocycles. The average Bonchev–Trinajstić information content (AvgIpc) is 2.42. The Bertz CT molecular complexity index is 603. The summed E-state index contributed by atoms with van der Waals surface area (Å²) in [4.78, 5) is 24.2. The van der Waals surface area contributed by atoms with Crippen LogP contribution < -0.4 is 5.32 Å². The Morgan fingerprint density at radius 3 is 2.25 bits per heavy atom. The monoisotopic (exact) mass is 341 g/mol. The highest BCUT2D eigenvalue weighted by Crippen LogP contribution is 2.46. The Kier molecular flexibility index (Phi) is 4.82. The van der Waals surface area contributed by atoms with Gasteiger partial charge in [-0.1, -0.05) is 30.3 Å². The van der Waals surface area contributed by atoms with Crippen molar-refractivity contribution in [3.8, 4) is 0 Å². The molecule has 1 aliphatic carbocycles. The molecule has 1 fully saturated rings. The summed E-state index contributed by atoms with van der Waals surface area (Å²) >= 11 is 0. The van der Waals surface area contributed by atoms with Crippen molar-refractivity contribution in [2.45, 2.75) is 57.3 Å². The van der Waals surface area contributed by atoms with Crippen LogP contribution in [0.1, 0.15) is 39.2 Å². The van der Waals surface area contributed by atoms with Crippen LogP contribution in [0.15, 0.2) is 30.3 Å². The number of alkyl carbamates (subject to hydrolysis) is 1. The molecule has 24 heavy (non-hydrogen) atoms. The van der Waals surface area contributed by atoms with E-state index in [2.05, 4.69) is 5.32 Å². The molecular weight excluding hydrogens is 320 g/mol. The van der Waals surface area contributed by atoms with Crippen LogP contribution in [-0.4, -0.2) is 29.1 Å². The van der Waals surface area contributed by atoms with Gasteiger partial charge in [0.2, 0.25) is 0 Å². The smallest absolute Gasteiger partial charge is 0.408 e. The topological polar surface area (TPSA) is 64.6 Å². The van der Waals surface area contributed by atoms with Gasteiger partial charge < -0.3 is 14.8 Å². The number of hydrogen-bond donors (Lipinski definition) is 1. The van der Waals surface area contributed by atoms with Gasteiger partial charge in [-0.25, -0.2) is 18.4 Å². The molecule has 1 aromatic rings. The number of amides is 1. The standard InChI is InChI=1S/C17H21F2NO4/c1-15(2,3)24-13(21)16(10-17(18,19)11-16)20-14(22)23-9-12-7-5-4-6-8-12/h4-8H,9-11H2,1-3H3,(H,20,22). The third-order valence-corrected chi connectivity index (χ3v) is 3.46. The van der Waals surface area contributed by atoms with E-state index < -0.39 is 42.0 Å². The lowest BCUT2D eigenvalue weighted by atomic mass is 9.73. The third kappa shape index (κ3) is 4.66. The molecule has 0 radical (unpaired) electrons. The van der Waals surface area contributed by atoms with Crippen molar-refractivity contribution in [2.75, 3.05) is 0 Å². The van der Waals surface area contributed by atoms with E-state index in [9.17, 15) is 18.4 Å². The van der Waals surface area contributed by atoms with Gasteiger partial charge in [0.15, 0.2) is 5.54 Å². The summed E-state index contributed by atoms with van der Waals surface area (Å²) < 4.78 is 36.8. The highest BCUT2D eigenvalue weighted by molar-refractivity contribution is 5.87. The van der Waals surface area contributed by atoms with Crippen LogP contribution >= 0.6 is 0 Å². The molecule has 132 valence electrons.